The lowest BCUT2D eigenvalue weighted by Crippen LogP contribution is -2.24. The minimum Gasteiger partial charge on any atom is -0.481 e. The van der Waals surface area contributed by atoms with Crippen LogP contribution < -0.4 is 11.5 Å². The molecule has 0 radical (unpaired) electrons. The second-order valence-corrected chi connectivity index (χ2v) is 1.50. The lowest BCUT2D eigenvalue weighted by atomic mass is 10.4. The van der Waals surface area contributed by atoms with Crippen LogP contribution in [0.15, 0.2) is 4.99 Å². The summed E-state index contributed by atoms with van der Waals surface area (Å²) >= 11 is 0. The largest absolute Gasteiger partial charge is 0.481 e. The Kier molecular flexibility index (Phi) is 2.89. The fourth-order valence-electron chi connectivity index (χ4n) is 0.313. The van der Waals surface area contributed by atoms with Crippen LogP contribution >= 0.6 is 0 Å². The van der Waals surface area contributed by atoms with Gasteiger partial charge in [0.1, 0.15) is 6.42 Å². The Balaban J connectivity index is 3.88. The maximum absolute atomic E-state index is 10.3. The Morgan fingerprint density at radius 3 is 2.20 bits per heavy atom. The van der Waals surface area contributed by atoms with Crippen molar-refractivity contribution in [2.45, 2.75) is 6.42 Å². The quantitative estimate of drug-likeness (QED) is 0.242. The zero-order valence-corrected chi connectivity index (χ0v) is 5.07. The number of nitrogens with two attached hydrogens (primary N) is 2. The Morgan fingerprint density at radius 2 is 1.90 bits per heavy atom. The number of hydrogen-bond donors (Lipinski definition) is 3. The average molecular weight is 145 g/mol. The van der Waals surface area contributed by atoms with Gasteiger partial charge in [-0.25, -0.2) is 0 Å². The summed E-state index contributed by atoms with van der Waals surface area (Å²) in [5.41, 5.74) is 9.57. The van der Waals surface area contributed by atoms with E-state index in [9.17, 15) is 9.59 Å². The Labute approximate surface area is 56.5 Å². The summed E-state index contributed by atoms with van der Waals surface area (Å²) in [5, 5.41) is 8.03. The van der Waals surface area contributed by atoms with Gasteiger partial charge in [0.2, 0.25) is 0 Å². The maximum atomic E-state index is 10.3. The topological polar surface area (TPSA) is 119 Å². The van der Waals surface area contributed by atoms with Gasteiger partial charge in [0, 0.05) is 0 Å². The van der Waals surface area contributed by atoms with Crippen molar-refractivity contribution in [1.29, 1.82) is 0 Å². The summed E-state index contributed by atoms with van der Waals surface area (Å²) in [4.78, 5) is 23.1. The summed E-state index contributed by atoms with van der Waals surface area (Å²) in [6, 6.07) is 0. The summed E-state index contributed by atoms with van der Waals surface area (Å²) in [7, 11) is 0. The van der Waals surface area contributed by atoms with E-state index in [-0.39, 0.29) is 0 Å². The van der Waals surface area contributed by atoms with Crippen molar-refractivity contribution in [3.05, 3.63) is 0 Å². The lowest BCUT2D eigenvalue weighted by Gasteiger charge is -1.88. The van der Waals surface area contributed by atoms with E-state index < -0.39 is 24.3 Å². The smallest absolute Gasteiger partial charge is 0.312 e. The van der Waals surface area contributed by atoms with E-state index in [1.807, 2.05) is 0 Å². The number of aliphatic carboxylic acids is 1. The molecule has 0 aromatic rings. The molecule has 0 atom stereocenters. The molecule has 0 aliphatic heterocycles. The van der Waals surface area contributed by atoms with Gasteiger partial charge in [0.15, 0.2) is 5.96 Å². The summed E-state index contributed by atoms with van der Waals surface area (Å²) in [5.74, 6) is -2.53. The van der Waals surface area contributed by atoms with Crippen LogP contribution in [0.2, 0.25) is 0 Å². The first-order valence-electron chi connectivity index (χ1n) is 2.36. The highest BCUT2D eigenvalue weighted by atomic mass is 16.4. The van der Waals surface area contributed by atoms with Crippen molar-refractivity contribution < 1.29 is 14.7 Å². The molecular formula is C4H7N3O3. The number of amides is 1. The number of carbonyl (C=O) groups excluding carboxylic acids is 1. The van der Waals surface area contributed by atoms with Gasteiger partial charge in [-0.2, -0.15) is 4.99 Å². The minimum atomic E-state index is -1.25. The summed E-state index contributed by atoms with van der Waals surface area (Å²) < 4.78 is 0. The van der Waals surface area contributed by atoms with Crippen LogP contribution in [-0.4, -0.2) is 22.9 Å². The molecule has 6 nitrogen and oxygen atoms in total. The SMILES string of the molecule is NC(N)=NC(=O)CC(=O)O. The van der Waals surface area contributed by atoms with Gasteiger partial charge in [0.05, 0.1) is 0 Å². The van der Waals surface area contributed by atoms with E-state index in [0.29, 0.717) is 0 Å². The number of hydrogen-bond acceptors (Lipinski definition) is 2. The molecule has 0 bridgehead atoms. The van der Waals surface area contributed by atoms with E-state index in [1.54, 1.807) is 0 Å². The molecule has 1 amide bonds. The monoisotopic (exact) mass is 145 g/mol. The van der Waals surface area contributed by atoms with E-state index in [1.165, 1.54) is 0 Å². The number of nitrogens with zero attached hydrogens (tertiary/aromatic N) is 1. The molecule has 6 heteroatoms. The molecule has 0 unspecified atom stereocenters. The average Bonchev–Trinajstić information content (AvgIpc) is 1.58. The molecule has 0 aromatic carbocycles. The molecule has 0 aliphatic carbocycles. The predicted octanol–water partition coefficient (Wildman–Crippen LogP) is -1.74. The van der Waals surface area contributed by atoms with Crippen LogP contribution in [0.3, 0.4) is 0 Å². The third-order valence-electron chi connectivity index (χ3n) is 0.556. The molecule has 0 saturated carbocycles. The van der Waals surface area contributed by atoms with Crippen molar-refractivity contribution in [1.82, 2.24) is 0 Å². The Morgan fingerprint density at radius 1 is 1.40 bits per heavy atom. The van der Waals surface area contributed by atoms with Crippen LogP contribution in [0.1, 0.15) is 6.42 Å². The molecule has 0 saturated heterocycles. The highest BCUT2D eigenvalue weighted by molar-refractivity contribution is 5.99. The van der Waals surface area contributed by atoms with E-state index in [2.05, 4.69) is 4.99 Å². The predicted molar refractivity (Wildman–Crippen MR) is 33.1 cm³/mol. The molecule has 0 spiro atoms. The summed E-state index contributed by atoms with van der Waals surface area (Å²) in [6.45, 7) is 0. The summed E-state index contributed by atoms with van der Waals surface area (Å²) in [6.07, 6.45) is -0.683. The molecule has 0 rings (SSSR count). The number of carboxylic acids is 1. The number of carbonyl (C=O) groups is 2. The van der Waals surface area contributed by atoms with Gasteiger partial charge in [-0.1, -0.05) is 0 Å². The molecular weight excluding hydrogens is 138 g/mol. The van der Waals surface area contributed by atoms with Crippen molar-refractivity contribution in [2.24, 2.45) is 16.5 Å². The number of rotatable bonds is 2. The van der Waals surface area contributed by atoms with E-state index in [0.717, 1.165) is 0 Å². The van der Waals surface area contributed by atoms with Crippen molar-refractivity contribution in [3.63, 3.8) is 0 Å². The van der Waals surface area contributed by atoms with E-state index in [4.69, 9.17) is 16.6 Å². The fraction of sp³-hybridized carbons (Fsp3) is 0.250. The minimum absolute atomic E-state index is 0.425. The number of guanidine groups is 1. The second-order valence-electron chi connectivity index (χ2n) is 1.50. The maximum Gasteiger partial charge on any atom is 0.312 e. The molecule has 0 aromatic heterocycles. The zero-order valence-electron chi connectivity index (χ0n) is 5.07. The first-order valence-corrected chi connectivity index (χ1v) is 2.36. The van der Waals surface area contributed by atoms with Gasteiger partial charge in [-0.15, -0.1) is 0 Å². The second kappa shape index (κ2) is 3.44. The van der Waals surface area contributed by atoms with Gasteiger partial charge >= 0.3 is 5.97 Å². The van der Waals surface area contributed by atoms with Gasteiger partial charge < -0.3 is 16.6 Å². The molecule has 0 heterocycles. The third-order valence-corrected chi connectivity index (χ3v) is 0.556. The van der Waals surface area contributed by atoms with Crippen molar-refractivity contribution >= 4 is 17.8 Å². The van der Waals surface area contributed by atoms with Crippen molar-refractivity contribution in [3.8, 4) is 0 Å². The van der Waals surface area contributed by atoms with Crippen LogP contribution in [-0.2, 0) is 9.59 Å². The third kappa shape index (κ3) is 4.57. The first-order chi connectivity index (χ1) is 4.52. The molecule has 10 heavy (non-hydrogen) atoms. The molecule has 56 valence electrons. The van der Waals surface area contributed by atoms with Crippen molar-refractivity contribution in [2.75, 3.05) is 0 Å². The molecule has 5 N–H and O–H groups in total. The Hall–Kier alpha value is -1.59. The fourth-order valence-corrected chi connectivity index (χ4v) is 0.313. The van der Waals surface area contributed by atoms with Gasteiger partial charge in [-0.3, -0.25) is 9.59 Å². The zero-order chi connectivity index (χ0) is 8.15. The first kappa shape index (κ1) is 8.41. The lowest BCUT2D eigenvalue weighted by molar-refractivity contribution is -0.139. The normalized spacial score (nSPS) is 8.40. The van der Waals surface area contributed by atoms with Crippen LogP contribution in [0.25, 0.3) is 0 Å². The number of aliphatic imine (C=N–C) groups is 1. The number of carboxylic acid groups (broad SMARTS) is 1. The molecule has 0 fully saturated rings. The van der Waals surface area contributed by atoms with Gasteiger partial charge in [-0.05, 0) is 0 Å². The highest BCUT2D eigenvalue weighted by Gasteiger charge is 2.04. The Bertz CT molecular complexity index is 182. The van der Waals surface area contributed by atoms with Gasteiger partial charge in [0.25, 0.3) is 5.91 Å². The standard InChI is InChI=1S/C4H7N3O3/c5-4(6)7-2(8)1-3(9)10/h1H2,(H,9,10)(H4,5,6,7,8). The highest BCUT2D eigenvalue weighted by Crippen LogP contribution is 1.82. The van der Waals surface area contributed by atoms with Crippen LogP contribution in [0.5, 0.6) is 0 Å². The van der Waals surface area contributed by atoms with Crippen LogP contribution in [0.4, 0.5) is 0 Å². The molecule has 0 aliphatic rings. The van der Waals surface area contributed by atoms with E-state index >= 15 is 0 Å². The van der Waals surface area contributed by atoms with Crippen LogP contribution in [0, 0.1) is 0 Å².